The van der Waals surface area contributed by atoms with Crippen molar-refractivity contribution in [2.45, 2.75) is 20.3 Å². The van der Waals surface area contributed by atoms with Gasteiger partial charge in [0.25, 0.3) is 0 Å². The number of carbonyl (C=O) groups excluding carboxylic acids is 2. The molecule has 3 nitrogen and oxygen atoms in total. The molecule has 1 aliphatic carbocycles. The Morgan fingerprint density at radius 2 is 2.31 bits per heavy atom. The van der Waals surface area contributed by atoms with E-state index in [9.17, 15) is 9.59 Å². The molecule has 0 amide bonds. The van der Waals surface area contributed by atoms with Gasteiger partial charge in [-0.1, -0.05) is 6.08 Å². The van der Waals surface area contributed by atoms with Gasteiger partial charge in [0.05, 0.1) is 6.61 Å². The SMILES string of the molecule is C=C[C@H]1C[C@@]1(C(C)=O)C(=O)OCC. The number of ketones is 1. The summed E-state index contributed by atoms with van der Waals surface area (Å²) in [4.78, 5) is 22.7. The lowest BCUT2D eigenvalue weighted by atomic mass is 9.99. The molecule has 0 aliphatic heterocycles. The monoisotopic (exact) mass is 182 g/mol. The first kappa shape index (κ1) is 9.96. The van der Waals surface area contributed by atoms with Crippen molar-refractivity contribution in [2.75, 3.05) is 6.61 Å². The van der Waals surface area contributed by atoms with Gasteiger partial charge in [0, 0.05) is 5.92 Å². The Labute approximate surface area is 77.8 Å². The fraction of sp³-hybridized carbons (Fsp3) is 0.600. The van der Waals surface area contributed by atoms with Gasteiger partial charge in [0.2, 0.25) is 0 Å². The molecule has 0 heterocycles. The average Bonchev–Trinajstić information content (AvgIpc) is 2.79. The van der Waals surface area contributed by atoms with Crippen LogP contribution in [0.15, 0.2) is 12.7 Å². The number of hydrogen-bond donors (Lipinski definition) is 0. The Bertz CT molecular complexity index is 257. The van der Waals surface area contributed by atoms with Crippen molar-refractivity contribution in [3.63, 3.8) is 0 Å². The van der Waals surface area contributed by atoms with Crippen LogP contribution in [0.1, 0.15) is 20.3 Å². The Hall–Kier alpha value is -1.12. The van der Waals surface area contributed by atoms with Crippen molar-refractivity contribution in [1.29, 1.82) is 0 Å². The molecular formula is C10H14O3. The van der Waals surface area contributed by atoms with Crippen molar-refractivity contribution >= 4 is 11.8 Å². The maximum Gasteiger partial charge on any atom is 0.320 e. The van der Waals surface area contributed by atoms with Gasteiger partial charge in [0.1, 0.15) is 11.2 Å². The molecule has 1 aliphatic rings. The van der Waals surface area contributed by atoms with E-state index in [2.05, 4.69) is 6.58 Å². The van der Waals surface area contributed by atoms with Gasteiger partial charge in [-0.05, 0) is 20.3 Å². The minimum Gasteiger partial charge on any atom is -0.465 e. The molecule has 1 rings (SSSR count). The van der Waals surface area contributed by atoms with Crippen molar-refractivity contribution in [2.24, 2.45) is 11.3 Å². The molecule has 0 saturated heterocycles. The fourth-order valence-corrected chi connectivity index (χ4v) is 1.62. The quantitative estimate of drug-likeness (QED) is 0.374. The van der Waals surface area contributed by atoms with Gasteiger partial charge in [-0.2, -0.15) is 0 Å². The van der Waals surface area contributed by atoms with Crippen LogP contribution in [0.25, 0.3) is 0 Å². The lowest BCUT2D eigenvalue weighted by Crippen LogP contribution is -2.27. The van der Waals surface area contributed by atoms with Gasteiger partial charge in [-0.25, -0.2) is 0 Å². The van der Waals surface area contributed by atoms with Crippen LogP contribution in [0, 0.1) is 11.3 Å². The van der Waals surface area contributed by atoms with E-state index in [4.69, 9.17) is 4.74 Å². The molecule has 0 aromatic heterocycles. The highest BCUT2D eigenvalue weighted by Crippen LogP contribution is 2.54. The third-order valence-corrected chi connectivity index (χ3v) is 2.57. The zero-order chi connectivity index (χ0) is 10.1. The van der Waals surface area contributed by atoms with E-state index >= 15 is 0 Å². The highest BCUT2D eigenvalue weighted by Gasteiger charge is 2.63. The van der Waals surface area contributed by atoms with Gasteiger partial charge in [0.15, 0.2) is 0 Å². The molecule has 1 fully saturated rings. The molecule has 1 saturated carbocycles. The normalized spacial score (nSPS) is 30.8. The van der Waals surface area contributed by atoms with E-state index in [-0.39, 0.29) is 11.7 Å². The zero-order valence-corrected chi connectivity index (χ0v) is 8.00. The number of allylic oxidation sites excluding steroid dienone is 1. The fourth-order valence-electron chi connectivity index (χ4n) is 1.62. The molecule has 0 spiro atoms. The van der Waals surface area contributed by atoms with E-state index in [1.165, 1.54) is 6.92 Å². The van der Waals surface area contributed by atoms with E-state index in [0.717, 1.165) is 0 Å². The lowest BCUT2D eigenvalue weighted by molar-refractivity contribution is -0.153. The van der Waals surface area contributed by atoms with Crippen LogP contribution in [0.4, 0.5) is 0 Å². The summed E-state index contributed by atoms with van der Waals surface area (Å²) >= 11 is 0. The third kappa shape index (κ3) is 1.39. The molecule has 3 heteroatoms. The predicted octanol–water partition coefficient (Wildman–Crippen LogP) is 1.33. The summed E-state index contributed by atoms with van der Waals surface area (Å²) in [6, 6.07) is 0. The average molecular weight is 182 g/mol. The number of carbonyl (C=O) groups is 2. The topological polar surface area (TPSA) is 43.4 Å². The summed E-state index contributed by atoms with van der Waals surface area (Å²) in [5.74, 6) is -0.535. The second-order valence-electron chi connectivity index (χ2n) is 3.29. The lowest BCUT2D eigenvalue weighted by Gasteiger charge is -2.10. The van der Waals surface area contributed by atoms with Crippen LogP contribution in [-0.2, 0) is 14.3 Å². The molecule has 0 unspecified atom stereocenters. The highest BCUT2D eigenvalue weighted by atomic mass is 16.5. The standard InChI is InChI=1S/C10H14O3/c1-4-8-6-10(8,7(3)11)9(12)13-5-2/h4,8H,1,5-6H2,2-3H3/t8-,10-/m0/s1. The Morgan fingerprint density at radius 3 is 2.62 bits per heavy atom. The van der Waals surface area contributed by atoms with Gasteiger partial charge in [-0.15, -0.1) is 6.58 Å². The molecule has 0 N–H and O–H groups in total. The van der Waals surface area contributed by atoms with Crippen molar-refractivity contribution in [3.05, 3.63) is 12.7 Å². The first-order valence-corrected chi connectivity index (χ1v) is 4.40. The van der Waals surface area contributed by atoms with E-state index in [0.29, 0.717) is 13.0 Å². The summed E-state index contributed by atoms with van der Waals surface area (Å²) in [6.07, 6.45) is 2.21. The number of ether oxygens (including phenoxy) is 1. The third-order valence-electron chi connectivity index (χ3n) is 2.57. The van der Waals surface area contributed by atoms with Crippen molar-refractivity contribution in [3.8, 4) is 0 Å². The molecule has 0 bridgehead atoms. The van der Waals surface area contributed by atoms with Crippen LogP contribution in [0.3, 0.4) is 0 Å². The summed E-state index contributed by atoms with van der Waals surface area (Å²) in [5, 5.41) is 0. The second-order valence-corrected chi connectivity index (χ2v) is 3.29. The highest BCUT2D eigenvalue weighted by molar-refractivity contribution is 6.06. The number of hydrogen-bond acceptors (Lipinski definition) is 3. The van der Waals surface area contributed by atoms with Gasteiger partial charge in [-0.3, -0.25) is 9.59 Å². The molecule has 2 atom stereocenters. The van der Waals surface area contributed by atoms with Crippen LogP contribution in [0.2, 0.25) is 0 Å². The van der Waals surface area contributed by atoms with Crippen LogP contribution >= 0.6 is 0 Å². The van der Waals surface area contributed by atoms with Crippen LogP contribution in [0.5, 0.6) is 0 Å². The van der Waals surface area contributed by atoms with E-state index in [1.54, 1.807) is 13.0 Å². The number of rotatable bonds is 4. The zero-order valence-electron chi connectivity index (χ0n) is 8.00. The van der Waals surface area contributed by atoms with Gasteiger partial charge >= 0.3 is 5.97 Å². The van der Waals surface area contributed by atoms with E-state index < -0.39 is 11.4 Å². The van der Waals surface area contributed by atoms with Crippen molar-refractivity contribution in [1.82, 2.24) is 0 Å². The Balaban J connectivity index is 2.77. The minimum absolute atomic E-state index is 0.0240. The Kier molecular flexibility index (Phi) is 2.55. The summed E-state index contributed by atoms with van der Waals surface area (Å²) in [6.45, 7) is 7.06. The summed E-state index contributed by atoms with van der Waals surface area (Å²) in [7, 11) is 0. The van der Waals surface area contributed by atoms with Crippen LogP contribution in [-0.4, -0.2) is 18.4 Å². The molecule has 72 valence electrons. The molecule has 13 heavy (non-hydrogen) atoms. The Morgan fingerprint density at radius 1 is 1.69 bits per heavy atom. The number of esters is 1. The summed E-state index contributed by atoms with van der Waals surface area (Å²) < 4.78 is 4.86. The predicted molar refractivity (Wildman–Crippen MR) is 48.1 cm³/mol. The van der Waals surface area contributed by atoms with E-state index in [1.807, 2.05) is 0 Å². The molecule has 0 radical (unpaired) electrons. The smallest absolute Gasteiger partial charge is 0.320 e. The molecule has 0 aromatic carbocycles. The summed E-state index contributed by atoms with van der Waals surface area (Å²) in [5.41, 5.74) is -0.891. The largest absolute Gasteiger partial charge is 0.465 e. The maximum absolute atomic E-state index is 11.4. The minimum atomic E-state index is -0.891. The maximum atomic E-state index is 11.4. The first-order valence-electron chi connectivity index (χ1n) is 4.40. The first-order chi connectivity index (χ1) is 6.09. The molecular weight excluding hydrogens is 168 g/mol. The number of Topliss-reactive ketones (excluding diaryl/α,β-unsaturated/α-hetero) is 1. The van der Waals surface area contributed by atoms with Gasteiger partial charge < -0.3 is 4.74 Å². The van der Waals surface area contributed by atoms with Crippen molar-refractivity contribution < 1.29 is 14.3 Å². The molecule has 0 aromatic rings. The van der Waals surface area contributed by atoms with Crippen LogP contribution < -0.4 is 0 Å². The second kappa shape index (κ2) is 3.32.